The summed E-state index contributed by atoms with van der Waals surface area (Å²) in [6, 6.07) is 0.249. The van der Waals surface area contributed by atoms with E-state index in [0.717, 1.165) is 23.5 Å². The number of anilines is 1. The molecule has 2 aromatic heterocycles. The van der Waals surface area contributed by atoms with E-state index >= 15 is 0 Å². The molecule has 0 unspecified atom stereocenters. The zero-order chi connectivity index (χ0) is 10.8. The molecule has 2 heterocycles. The van der Waals surface area contributed by atoms with Gasteiger partial charge in [-0.2, -0.15) is 0 Å². The summed E-state index contributed by atoms with van der Waals surface area (Å²) in [5.41, 5.74) is 1.50. The molecule has 6 nitrogen and oxygen atoms in total. The van der Waals surface area contributed by atoms with E-state index in [4.69, 9.17) is 0 Å². The van der Waals surface area contributed by atoms with E-state index in [1.807, 2.05) is 20.8 Å². The molecule has 15 heavy (non-hydrogen) atoms. The second-order valence-corrected chi connectivity index (χ2v) is 3.55. The summed E-state index contributed by atoms with van der Waals surface area (Å²) in [6.07, 6.45) is 1.53. The highest BCUT2D eigenvalue weighted by atomic mass is 15.5. The van der Waals surface area contributed by atoms with Crippen LogP contribution in [0.25, 0.3) is 11.2 Å². The third-order valence-electron chi connectivity index (χ3n) is 2.09. The first-order chi connectivity index (χ1) is 7.24. The zero-order valence-electron chi connectivity index (χ0n) is 9.10. The van der Waals surface area contributed by atoms with E-state index in [9.17, 15) is 0 Å². The standard InChI is InChI=1S/C9H14N6/c1-4-10-8-7-9(12-5-11-8)15(6(2)3)14-13-7/h5-6H,4H2,1-3H3,(H,10,11,12). The summed E-state index contributed by atoms with van der Waals surface area (Å²) in [4.78, 5) is 8.32. The average Bonchev–Trinajstić information content (AvgIpc) is 2.62. The Kier molecular flexibility index (Phi) is 2.49. The summed E-state index contributed by atoms with van der Waals surface area (Å²) in [5.74, 6) is 0.745. The van der Waals surface area contributed by atoms with Gasteiger partial charge in [-0.25, -0.2) is 14.6 Å². The maximum absolute atomic E-state index is 4.19. The van der Waals surface area contributed by atoms with Gasteiger partial charge >= 0.3 is 0 Å². The van der Waals surface area contributed by atoms with E-state index < -0.39 is 0 Å². The van der Waals surface area contributed by atoms with E-state index in [-0.39, 0.29) is 6.04 Å². The van der Waals surface area contributed by atoms with Crippen LogP contribution in [0.2, 0.25) is 0 Å². The van der Waals surface area contributed by atoms with Crippen LogP contribution in [-0.4, -0.2) is 31.5 Å². The van der Waals surface area contributed by atoms with Crippen LogP contribution in [0.15, 0.2) is 6.33 Å². The quantitative estimate of drug-likeness (QED) is 0.818. The van der Waals surface area contributed by atoms with Crippen LogP contribution in [0, 0.1) is 0 Å². The lowest BCUT2D eigenvalue weighted by Gasteiger charge is -2.05. The monoisotopic (exact) mass is 206 g/mol. The largest absolute Gasteiger partial charge is 0.368 e. The third-order valence-corrected chi connectivity index (χ3v) is 2.09. The summed E-state index contributed by atoms with van der Waals surface area (Å²) in [7, 11) is 0. The van der Waals surface area contributed by atoms with Crippen LogP contribution >= 0.6 is 0 Å². The molecule has 0 aromatic carbocycles. The minimum Gasteiger partial charge on any atom is -0.368 e. The van der Waals surface area contributed by atoms with Crippen LogP contribution in [0.1, 0.15) is 26.8 Å². The predicted molar refractivity (Wildman–Crippen MR) is 57.7 cm³/mol. The SMILES string of the molecule is CCNc1ncnc2c1nnn2C(C)C. The van der Waals surface area contributed by atoms with Gasteiger partial charge in [0, 0.05) is 6.54 Å². The number of rotatable bonds is 3. The van der Waals surface area contributed by atoms with E-state index in [0.29, 0.717) is 0 Å². The molecule has 2 rings (SSSR count). The molecule has 0 saturated carbocycles. The highest BCUT2D eigenvalue weighted by molar-refractivity contribution is 5.81. The molecule has 0 spiro atoms. The second kappa shape index (κ2) is 3.80. The Hall–Kier alpha value is -1.72. The second-order valence-electron chi connectivity index (χ2n) is 3.55. The molecule has 0 aliphatic heterocycles. The number of fused-ring (bicyclic) bond motifs is 1. The lowest BCUT2D eigenvalue weighted by atomic mass is 10.4. The smallest absolute Gasteiger partial charge is 0.184 e. The first-order valence-corrected chi connectivity index (χ1v) is 5.03. The van der Waals surface area contributed by atoms with Crippen LogP contribution in [0.4, 0.5) is 5.82 Å². The van der Waals surface area contributed by atoms with Crippen LogP contribution < -0.4 is 5.32 Å². The van der Waals surface area contributed by atoms with Gasteiger partial charge in [-0.15, -0.1) is 5.10 Å². The lowest BCUT2D eigenvalue weighted by molar-refractivity contribution is 0.526. The summed E-state index contributed by atoms with van der Waals surface area (Å²) in [5, 5.41) is 11.3. The van der Waals surface area contributed by atoms with Crippen molar-refractivity contribution in [1.29, 1.82) is 0 Å². The molecule has 0 amide bonds. The summed E-state index contributed by atoms with van der Waals surface area (Å²) < 4.78 is 1.79. The molecule has 6 heteroatoms. The summed E-state index contributed by atoms with van der Waals surface area (Å²) in [6.45, 7) is 6.91. The van der Waals surface area contributed by atoms with Crippen molar-refractivity contribution in [2.45, 2.75) is 26.8 Å². The normalized spacial score (nSPS) is 11.2. The molecule has 0 fully saturated rings. The Labute approximate surface area is 87.7 Å². The molecular formula is C9H14N6. The molecular weight excluding hydrogens is 192 g/mol. The molecule has 0 atom stereocenters. The molecule has 0 aliphatic rings. The Bertz CT molecular complexity index is 461. The Morgan fingerprint density at radius 1 is 1.40 bits per heavy atom. The fourth-order valence-corrected chi connectivity index (χ4v) is 1.41. The maximum Gasteiger partial charge on any atom is 0.184 e. The highest BCUT2D eigenvalue weighted by Crippen LogP contribution is 2.17. The maximum atomic E-state index is 4.19. The molecule has 0 bridgehead atoms. The van der Waals surface area contributed by atoms with Gasteiger partial charge in [0.2, 0.25) is 0 Å². The van der Waals surface area contributed by atoms with E-state index in [1.54, 1.807) is 4.68 Å². The van der Waals surface area contributed by atoms with Crippen molar-refractivity contribution in [3.8, 4) is 0 Å². The van der Waals surface area contributed by atoms with Gasteiger partial charge in [0.1, 0.15) is 6.33 Å². The van der Waals surface area contributed by atoms with Gasteiger partial charge < -0.3 is 5.32 Å². The fourth-order valence-electron chi connectivity index (χ4n) is 1.41. The summed E-state index contributed by atoms with van der Waals surface area (Å²) >= 11 is 0. The topological polar surface area (TPSA) is 68.5 Å². The van der Waals surface area contributed by atoms with Gasteiger partial charge in [0.05, 0.1) is 6.04 Å². The minimum atomic E-state index is 0.249. The zero-order valence-corrected chi connectivity index (χ0v) is 9.10. The van der Waals surface area contributed by atoms with Crippen LogP contribution in [0.5, 0.6) is 0 Å². The molecule has 1 N–H and O–H groups in total. The van der Waals surface area contributed by atoms with Crippen molar-refractivity contribution in [1.82, 2.24) is 25.0 Å². The number of hydrogen-bond acceptors (Lipinski definition) is 5. The number of nitrogens with one attached hydrogen (secondary N) is 1. The number of nitrogens with zero attached hydrogens (tertiary/aromatic N) is 5. The predicted octanol–water partition coefficient (Wildman–Crippen LogP) is 1.23. The van der Waals surface area contributed by atoms with Crippen LogP contribution in [-0.2, 0) is 0 Å². The van der Waals surface area contributed by atoms with Gasteiger partial charge in [-0.05, 0) is 20.8 Å². The van der Waals surface area contributed by atoms with Crippen LogP contribution in [0.3, 0.4) is 0 Å². The van der Waals surface area contributed by atoms with Gasteiger partial charge in [0.25, 0.3) is 0 Å². The van der Waals surface area contributed by atoms with Crippen molar-refractivity contribution in [3.63, 3.8) is 0 Å². The van der Waals surface area contributed by atoms with Gasteiger partial charge in [-0.3, -0.25) is 0 Å². The first-order valence-electron chi connectivity index (χ1n) is 5.03. The van der Waals surface area contributed by atoms with Crippen molar-refractivity contribution >= 4 is 17.0 Å². The Morgan fingerprint density at radius 3 is 2.87 bits per heavy atom. The minimum absolute atomic E-state index is 0.249. The van der Waals surface area contributed by atoms with E-state index in [2.05, 4.69) is 25.6 Å². The number of aromatic nitrogens is 5. The Balaban J connectivity index is 2.58. The lowest BCUT2D eigenvalue weighted by Crippen LogP contribution is -2.04. The highest BCUT2D eigenvalue weighted by Gasteiger charge is 2.12. The first kappa shape index (κ1) is 9.82. The van der Waals surface area contributed by atoms with Crippen molar-refractivity contribution in [2.24, 2.45) is 0 Å². The molecule has 0 aliphatic carbocycles. The van der Waals surface area contributed by atoms with Crippen molar-refractivity contribution in [2.75, 3.05) is 11.9 Å². The molecule has 0 radical (unpaired) electrons. The molecule has 2 aromatic rings. The van der Waals surface area contributed by atoms with Crippen molar-refractivity contribution < 1.29 is 0 Å². The van der Waals surface area contributed by atoms with E-state index in [1.165, 1.54) is 6.33 Å². The molecule has 80 valence electrons. The average molecular weight is 206 g/mol. The fraction of sp³-hybridized carbons (Fsp3) is 0.556. The third kappa shape index (κ3) is 1.62. The van der Waals surface area contributed by atoms with Gasteiger partial charge in [-0.1, -0.05) is 5.21 Å². The Morgan fingerprint density at radius 2 is 2.20 bits per heavy atom. The van der Waals surface area contributed by atoms with Gasteiger partial charge in [0.15, 0.2) is 17.0 Å². The molecule has 0 saturated heterocycles. The number of hydrogen-bond donors (Lipinski definition) is 1. The van der Waals surface area contributed by atoms with Crippen molar-refractivity contribution in [3.05, 3.63) is 6.33 Å².